The lowest BCUT2D eigenvalue weighted by Gasteiger charge is -2.42. The first-order chi connectivity index (χ1) is 15.9. The van der Waals surface area contributed by atoms with Crippen molar-refractivity contribution in [3.8, 4) is 5.75 Å². The molecule has 1 aliphatic rings. The van der Waals surface area contributed by atoms with Crippen molar-refractivity contribution in [3.63, 3.8) is 0 Å². The zero-order valence-corrected chi connectivity index (χ0v) is 21.7. The number of hydrogen-bond acceptors (Lipinski definition) is 2. The fourth-order valence-electron chi connectivity index (χ4n) is 4.54. The highest BCUT2D eigenvalue weighted by Crippen LogP contribution is 2.48. The van der Waals surface area contributed by atoms with Gasteiger partial charge in [0, 0.05) is 11.6 Å². The summed E-state index contributed by atoms with van der Waals surface area (Å²) in [4.78, 5) is 10.9. The average Bonchev–Trinajstić information content (AvgIpc) is 2.75. The van der Waals surface area contributed by atoms with E-state index in [1.165, 1.54) is 22.8 Å². The molecule has 1 aliphatic carbocycles. The smallest absolute Gasteiger partial charge is 0.328 e. The Morgan fingerprint density at radius 1 is 1.00 bits per heavy atom. The first kappa shape index (κ1) is 25.6. The minimum atomic E-state index is -0.936. The van der Waals surface area contributed by atoms with E-state index in [-0.39, 0.29) is 10.8 Å². The second kappa shape index (κ2) is 10.0. The fraction of sp³-hybridized carbons (Fsp3) is 0.387. The van der Waals surface area contributed by atoms with Crippen molar-refractivity contribution in [2.24, 2.45) is 0 Å². The molecule has 3 rings (SSSR count). The summed E-state index contributed by atoms with van der Waals surface area (Å²) in [6, 6.07) is 13.0. The molecule has 0 spiro atoms. The molecule has 180 valence electrons. The largest absolute Gasteiger partial charge is 0.488 e. The molecule has 0 atom stereocenters. The van der Waals surface area contributed by atoms with E-state index in [9.17, 15) is 4.79 Å². The van der Waals surface area contributed by atoms with Crippen LogP contribution in [0.25, 0.3) is 5.57 Å². The average molecular weight is 459 g/mol. The van der Waals surface area contributed by atoms with Crippen LogP contribution < -0.4 is 4.74 Å². The third-order valence-corrected chi connectivity index (χ3v) is 6.95. The summed E-state index contributed by atoms with van der Waals surface area (Å²) in [5, 5.41) is 8.94. The maximum atomic E-state index is 10.9. The third kappa shape index (κ3) is 6.08. The van der Waals surface area contributed by atoms with Crippen LogP contribution in [0.2, 0.25) is 0 Å². The maximum absolute atomic E-state index is 10.9. The molecule has 0 unspecified atom stereocenters. The third-order valence-electron chi connectivity index (χ3n) is 6.95. The van der Waals surface area contributed by atoms with E-state index in [1.54, 1.807) is 6.92 Å². The molecule has 0 aliphatic heterocycles. The number of carboxylic acids is 1. The van der Waals surface area contributed by atoms with E-state index in [0.29, 0.717) is 12.2 Å². The van der Waals surface area contributed by atoms with Gasteiger partial charge in [-0.3, -0.25) is 0 Å². The molecular formula is C31H38O3. The van der Waals surface area contributed by atoms with Gasteiger partial charge in [-0.25, -0.2) is 4.79 Å². The lowest BCUT2D eigenvalue weighted by molar-refractivity contribution is -0.131. The van der Waals surface area contributed by atoms with E-state index in [4.69, 9.17) is 9.84 Å². The van der Waals surface area contributed by atoms with Crippen LogP contribution in [0.4, 0.5) is 0 Å². The number of carbonyl (C=O) groups is 1. The highest BCUT2D eigenvalue weighted by molar-refractivity contribution is 5.81. The molecule has 1 N–H and O–H groups in total. The Morgan fingerprint density at radius 2 is 1.59 bits per heavy atom. The monoisotopic (exact) mass is 458 g/mol. The number of rotatable bonds is 7. The van der Waals surface area contributed by atoms with Crippen LogP contribution in [-0.4, -0.2) is 11.1 Å². The van der Waals surface area contributed by atoms with Gasteiger partial charge in [-0.2, -0.15) is 0 Å². The number of ether oxygens (including phenoxy) is 1. The minimum absolute atomic E-state index is 0.0988. The molecule has 0 amide bonds. The number of benzene rings is 2. The van der Waals surface area contributed by atoms with Crippen molar-refractivity contribution in [2.75, 3.05) is 0 Å². The van der Waals surface area contributed by atoms with E-state index in [0.717, 1.165) is 35.3 Å². The van der Waals surface area contributed by atoms with E-state index >= 15 is 0 Å². The Hall–Kier alpha value is -3.07. The van der Waals surface area contributed by atoms with Gasteiger partial charge >= 0.3 is 5.97 Å². The molecule has 2 aromatic carbocycles. The predicted molar refractivity (Wildman–Crippen MR) is 141 cm³/mol. The highest BCUT2D eigenvalue weighted by Gasteiger charge is 2.38. The van der Waals surface area contributed by atoms with Gasteiger partial charge in [-0.05, 0) is 84.4 Å². The topological polar surface area (TPSA) is 46.5 Å². The van der Waals surface area contributed by atoms with Crippen LogP contribution in [0.5, 0.6) is 5.75 Å². The minimum Gasteiger partial charge on any atom is -0.488 e. The molecule has 0 bridgehead atoms. The molecule has 0 fully saturated rings. The van der Waals surface area contributed by atoms with Crippen LogP contribution >= 0.6 is 0 Å². The Morgan fingerprint density at radius 3 is 2.18 bits per heavy atom. The van der Waals surface area contributed by atoms with Gasteiger partial charge in [0.05, 0.1) is 0 Å². The molecular weight excluding hydrogens is 420 g/mol. The van der Waals surface area contributed by atoms with E-state index in [1.807, 2.05) is 18.2 Å². The van der Waals surface area contributed by atoms with Crippen molar-refractivity contribution < 1.29 is 14.6 Å². The number of carboxylic acid groups (broad SMARTS) is 1. The lowest BCUT2D eigenvalue weighted by atomic mass is 9.62. The summed E-state index contributed by atoms with van der Waals surface area (Å²) in [5.41, 5.74) is 8.20. The summed E-state index contributed by atoms with van der Waals surface area (Å²) in [7, 11) is 0. The van der Waals surface area contributed by atoms with Crippen LogP contribution in [0.15, 0.2) is 66.3 Å². The molecule has 2 aromatic rings. The molecule has 0 saturated heterocycles. The summed E-state index contributed by atoms with van der Waals surface area (Å²) >= 11 is 0. The number of fused-ring (bicyclic) bond motifs is 1. The Kier molecular flexibility index (Phi) is 7.55. The number of aryl methyl sites for hydroxylation is 1. The van der Waals surface area contributed by atoms with Gasteiger partial charge in [0.15, 0.2) is 0 Å². The van der Waals surface area contributed by atoms with Gasteiger partial charge in [0.2, 0.25) is 0 Å². The number of allylic oxidation sites excluding steroid dienone is 5. The van der Waals surface area contributed by atoms with Gasteiger partial charge in [-0.1, -0.05) is 75.8 Å². The molecule has 0 radical (unpaired) electrons. The summed E-state index contributed by atoms with van der Waals surface area (Å²) in [6.45, 7) is 15.8. The number of aliphatic carboxylic acids is 1. The molecule has 3 nitrogen and oxygen atoms in total. The first-order valence-electron chi connectivity index (χ1n) is 12.0. The fourth-order valence-corrected chi connectivity index (χ4v) is 4.54. The Bertz CT molecular complexity index is 1140. The van der Waals surface area contributed by atoms with Crippen LogP contribution in [0.3, 0.4) is 0 Å². The maximum Gasteiger partial charge on any atom is 0.328 e. The van der Waals surface area contributed by atoms with Crippen molar-refractivity contribution in [1.29, 1.82) is 0 Å². The van der Waals surface area contributed by atoms with Crippen molar-refractivity contribution >= 4 is 11.5 Å². The second-order valence-corrected chi connectivity index (χ2v) is 10.9. The Balaban J connectivity index is 2.04. The quantitative estimate of drug-likeness (QED) is 0.339. The zero-order chi connectivity index (χ0) is 25.1. The number of hydrogen-bond donors (Lipinski definition) is 1. The van der Waals surface area contributed by atoms with Crippen molar-refractivity contribution in [2.45, 2.75) is 78.7 Å². The summed E-state index contributed by atoms with van der Waals surface area (Å²) in [5.74, 6) is -0.0424. The molecule has 34 heavy (non-hydrogen) atoms. The summed E-state index contributed by atoms with van der Waals surface area (Å²) in [6.07, 6.45) is 9.26. The standard InChI is InChI=1S/C31H38O3/c1-21-11-13-24(14-12-21)20-34-28-19-27-26(30(4,5)15-16-31(27,6)7)18-25(28)23(3)10-8-9-22(2)17-29(32)33/h8-14,17-19H,15-16,20H2,1-7H3,(H,32,33). The normalized spacial score (nSPS) is 17.5. The molecule has 0 saturated carbocycles. The van der Waals surface area contributed by atoms with Crippen LogP contribution in [-0.2, 0) is 22.2 Å². The molecule has 0 aromatic heterocycles. The predicted octanol–water partition coefficient (Wildman–Crippen LogP) is 7.91. The van der Waals surface area contributed by atoms with E-state index in [2.05, 4.69) is 77.9 Å². The van der Waals surface area contributed by atoms with Crippen molar-refractivity contribution in [3.05, 3.63) is 94.1 Å². The molecule has 0 heterocycles. The second-order valence-electron chi connectivity index (χ2n) is 10.9. The SMILES string of the molecule is CC(C=CC=C(C)c1cc2c(cc1OCc1ccc(C)cc1)C(C)(C)CCC2(C)C)=CC(=O)O. The first-order valence-corrected chi connectivity index (χ1v) is 12.0. The van der Waals surface area contributed by atoms with Crippen LogP contribution in [0, 0.1) is 6.92 Å². The van der Waals surface area contributed by atoms with Crippen molar-refractivity contribution in [1.82, 2.24) is 0 Å². The van der Waals surface area contributed by atoms with Gasteiger partial charge < -0.3 is 9.84 Å². The lowest BCUT2D eigenvalue weighted by Crippen LogP contribution is -2.34. The molecule has 3 heteroatoms. The summed E-state index contributed by atoms with van der Waals surface area (Å²) < 4.78 is 6.44. The van der Waals surface area contributed by atoms with Gasteiger partial charge in [-0.15, -0.1) is 0 Å². The zero-order valence-electron chi connectivity index (χ0n) is 21.7. The van der Waals surface area contributed by atoms with Crippen LogP contribution in [0.1, 0.15) is 82.2 Å². The Labute approximate surface area is 204 Å². The van der Waals surface area contributed by atoms with Gasteiger partial charge in [0.25, 0.3) is 0 Å². The highest BCUT2D eigenvalue weighted by atomic mass is 16.5. The van der Waals surface area contributed by atoms with Gasteiger partial charge in [0.1, 0.15) is 12.4 Å². The van der Waals surface area contributed by atoms with E-state index < -0.39 is 5.97 Å².